The zero-order chi connectivity index (χ0) is 13.5. The number of nitrogens with zero attached hydrogens (tertiary/aromatic N) is 1. The summed E-state index contributed by atoms with van der Waals surface area (Å²) < 4.78 is 0. The Hall–Kier alpha value is -1.71. The predicted octanol–water partition coefficient (Wildman–Crippen LogP) is 2.92. The van der Waals surface area contributed by atoms with Crippen molar-refractivity contribution in [3.05, 3.63) is 65.5 Å². The molecule has 1 heterocycles. The number of benzene rings is 1. The van der Waals surface area contributed by atoms with Crippen molar-refractivity contribution in [2.24, 2.45) is 5.84 Å². The van der Waals surface area contributed by atoms with E-state index in [1.165, 1.54) is 11.1 Å². The number of aryl methyl sites for hydroxylation is 2. The van der Waals surface area contributed by atoms with E-state index in [0.717, 1.165) is 25.0 Å². The molecule has 3 heteroatoms. The van der Waals surface area contributed by atoms with E-state index >= 15 is 0 Å². The molecule has 1 aromatic carbocycles. The second-order valence-corrected chi connectivity index (χ2v) is 4.83. The van der Waals surface area contributed by atoms with E-state index in [-0.39, 0.29) is 6.04 Å². The molecular formula is C16H21N3. The van der Waals surface area contributed by atoms with Crippen LogP contribution in [-0.2, 0) is 6.42 Å². The first-order chi connectivity index (χ1) is 9.29. The van der Waals surface area contributed by atoms with Gasteiger partial charge in [0.1, 0.15) is 0 Å². The lowest BCUT2D eigenvalue weighted by Crippen LogP contribution is -2.28. The molecule has 0 aliphatic heterocycles. The Kier molecular flexibility index (Phi) is 5.07. The highest BCUT2D eigenvalue weighted by Crippen LogP contribution is 2.19. The number of pyridine rings is 1. The highest BCUT2D eigenvalue weighted by Gasteiger charge is 2.09. The average Bonchev–Trinajstić information content (AvgIpc) is 2.45. The van der Waals surface area contributed by atoms with Crippen molar-refractivity contribution < 1.29 is 0 Å². The van der Waals surface area contributed by atoms with Crippen LogP contribution in [0.2, 0.25) is 0 Å². The van der Waals surface area contributed by atoms with Crippen molar-refractivity contribution in [3.8, 4) is 0 Å². The summed E-state index contributed by atoms with van der Waals surface area (Å²) in [6.45, 7) is 2.00. The van der Waals surface area contributed by atoms with Crippen molar-refractivity contribution in [1.29, 1.82) is 0 Å². The zero-order valence-corrected chi connectivity index (χ0v) is 11.3. The molecule has 3 N–H and O–H groups in total. The van der Waals surface area contributed by atoms with Gasteiger partial charge in [-0.3, -0.25) is 16.3 Å². The smallest absolute Gasteiger partial charge is 0.0461 e. The highest BCUT2D eigenvalue weighted by molar-refractivity contribution is 5.19. The molecule has 0 bridgehead atoms. The van der Waals surface area contributed by atoms with E-state index in [1.54, 1.807) is 0 Å². The average molecular weight is 255 g/mol. The van der Waals surface area contributed by atoms with Gasteiger partial charge in [-0.05, 0) is 49.4 Å². The molecule has 1 aromatic heterocycles. The van der Waals surface area contributed by atoms with Gasteiger partial charge in [-0.15, -0.1) is 0 Å². The minimum atomic E-state index is 0.199. The van der Waals surface area contributed by atoms with E-state index in [9.17, 15) is 0 Å². The van der Waals surface area contributed by atoms with Crippen molar-refractivity contribution >= 4 is 0 Å². The quantitative estimate of drug-likeness (QED) is 0.616. The topological polar surface area (TPSA) is 50.9 Å². The first kappa shape index (κ1) is 13.7. The van der Waals surface area contributed by atoms with Gasteiger partial charge in [-0.25, -0.2) is 0 Å². The number of hydrogen-bond acceptors (Lipinski definition) is 3. The summed E-state index contributed by atoms with van der Waals surface area (Å²) in [6, 6.07) is 14.9. The second kappa shape index (κ2) is 7.02. The molecule has 2 aromatic rings. The van der Waals surface area contributed by atoms with E-state index < -0.39 is 0 Å². The Bertz CT molecular complexity index is 496. The predicted molar refractivity (Wildman–Crippen MR) is 78.4 cm³/mol. The molecule has 1 atom stereocenters. The summed E-state index contributed by atoms with van der Waals surface area (Å²) in [5.41, 5.74) is 6.52. The van der Waals surface area contributed by atoms with Crippen molar-refractivity contribution in [1.82, 2.24) is 10.4 Å². The zero-order valence-electron chi connectivity index (χ0n) is 11.3. The highest BCUT2D eigenvalue weighted by atomic mass is 15.2. The van der Waals surface area contributed by atoms with Crippen LogP contribution >= 0.6 is 0 Å². The fourth-order valence-corrected chi connectivity index (χ4v) is 2.29. The largest absolute Gasteiger partial charge is 0.271 e. The summed E-state index contributed by atoms with van der Waals surface area (Å²) in [6.07, 6.45) is 5.06. The number of aromatic nitrogens is 1. The maximum absolute atomic E-state index is 5.66. The molecule has 0 saturated heterocycles. The number of nitrogens with two attached hydrogens (primary N) is 1. The first-order valence-electron chi connectivity index (χ1n) is 6.72. The fraction of sp³-hybridized carbons (Fsp3) is 0.312. The minimum absolute atomic E-state index is 0.199. The molecule has 0 amide bonds. The minimum Gasteiger partial charge on any atom is -0.271 e. The lowest BCUT2D eigenvalue weighted by atomic mass is 10.00. The van der Waals surface area contributed by atoms with Gasteiger partial charge < -0.3 is 0 Å². The third kappa shape index (κ3) is 4.16. The summed E-state index contributed by atoms with van der Waals surface area (Å²) in [7, 11) is 0. The van der Waals surface area contributed by atoms with Crippen LogP contribution in [-0.4, -0.2) is 4.98 Å². The van der Waals surface area contributed by atoms with Crippen LogP contribution in [0.5, 0.6) is 0 Å². The molecule has 0 saturated carbocycles. The van der Waals surface area contributed by atoms with Crippen molar-refractivity contribution in [2.75, 3.05) is 0 Å². The van der Waals surface area contributed by atoms with E-state index in [0.29, 0.717) is 0 Å². The maximum Gasteiger partial charge on any atom is 0.0461 e. The molecule has 2 rings (SSSR count). The standard InChI is InChI=1S/C16H21N3/c1-13-12-15(10-11-18-13)16(19-17)9-5-8-14-6-3-2-4-7-14/h2-4,6-7,10-12,16,19H,5,8-9,17H2,1H3. The fourth-order valence-electron chi connectivity index (χ4n) is 2.29. The van der Waals surface area contributed by atoms with Crippen LogP contribution in [0.4, 0.5) is 0 Å². The van der Waals surface area contributed by atoms with E-state index in [1.807, 2.05) is 25.3 Å². The Labute approximate surface area is 114 Å². The molecule has 19 heavy (non-hydrogen) atoms. The molecule has 0 aliphatic carbocycles. The molecule has 3 nitrogen and oxygen atoms in total. The Morgan fingerprint density at radius 1 is 1.21 bits per heavy atom. The molecule has 100 valence electrons. The van der Waals surface area contributed by atoms with Gasteiger partial charge in [0.25, 0.3) is 0 Å². The van der Waals surface area contributed by atoms with Crippen molar-refractivity contribution in [2.45, 2.75) is 32.2 Å². The lowest BCUT2D eigenvalue weighted by Gasteiger charge is -2.16. The van der Waals surface area contributed by atoms with Gasteiger partial charge in [-0.2, -0.15) is 0 Å². The van der Waals surface area contributed by atoms with Crippen molar-refractivity contribution in [3.63, 3.8) is 0 Å². The number of nitrogens with one attached hydrogen (secondary N) is 1. The van der Waals surface area contributed by atoms with Gasteiger partial charge in [0, 0.05) is 17.9 Å². The third-order valence-corrected chi connectivity index (χ3v) is 3.33. The van der Waals surface area contributed by atoms with Gasteiger partial charge in [0.2, 0.25) is 0 Å². The van der Waals surface area contributed by atoms with Crippen LogP contribution in [0.3, 0.4) is 0 Å². The lowest BCUT2D eigenvalue weighted by molar-refractivity contribution is 0.498. The van der Waals surface area contributed by atoms with Crippen LogP contribution in [0.15, 0.2) is 48.7 Å². The van der Waals surface area contributed by atoms with E-state index in [4.69, 9.17) is 5.84 Å². The summed E-state index contributed by atoms with van der Waals surface area (Å²) in [4.78, 5) is 4.22. The van der Waals surface area contributed by atoms with Crippen LogP contribution in [0.1, 0.15) is 35.7 Å². The second-order valence-electron chi connectivity index (χ2n) is 4.83. The molecule has 0 spiro atoms. The number of hydrazine groups is 1. The van der Waals surface area contributed by atoms with Gasteiger partial charge >= 0.3 is 0 Å². The summed E-state index contributed by atoms with van der Waals surface area (Å²) in [5, 5.41) is 0. The molecule has 0 radical (unpaired) electrons. The van der Waals surface area contributed by atoms with Gasteiger partial charge in [0.15, 0.2) is 0 Å². The Morgan fingerprint density at radius 2 is 2.00 bits per heavy atom. The number of hydrogen-bond donors (Lipinski definition) is 2. The Morgan fingerprint density at radius 3 is 2.68 bits per heavy atom. The molecule has 1 unspecified atom stereocenters. The van der Waals surface area contributed by atoms with Crippen LogP contribution in [0, 0.1) is 6.92 Å². The molecule has 0 fully saturated rings. The van der Waals surface area contributed by atoms with Crippen LogP contribution < -0.4 is 11.3 Å². The van der Waals surface area contributed by atoms with Gasteiger partial charge in [0.05, 0.1) is 0 Å². The SMILES string of the molecule is Cc1cc(C(CCCc2ccccc2)NN)ccn1. The molecular weight excluding hydrogens is 234 g/mol. The summed E-state index contributed by atoms with van der Waals surface area (Å²) in [5.74, 6) is 5.66. The maximum atomic E-state index is 5.66. The number of rotatable bonds is 6. The Balaban J connectivity index is 1.89. The molecule has 0 aliphatic rings. The van der Waals surface area contributed by atoms with E-state index in [2.05, 4.69) is 40.7 Å². The third-order valence-electron chi connectivity index (χ3n) is 3.33. The monoisotopic (exact) mass is 255 g/mol. The summed E-state index contributed by atoms with van der Waals surface area (Å²) >= 11 is 0. The van der Waals surface area contributed by atoms with Crippen LogP contribution in [0.25, 0.3) is 0 Å². The first-order valence-corrected chi connectivity index (χ1v) is 6.72. The van der Waals surface area contributed by atoms with Gasteiger partial charge in [-0.1, -0.05) is 30.3 Å². The normalized spacial score (nSPS) is 12.3.